The summed E-state index contributed by atoms with van der Waals surface area (Å²) in [6.45, 7) is 3.94. The van der Waals surface area contributed by atoms with Gasteiger partial charge in [0.1, 0.15) is 5.58 Å². The van der Waals surface area contributed by atoms with E-state index in [-0.39, 0.29) is 11.3 Å². The summed E-state index contributed by atoms with van der Waals surface area (Å²) in [7, 11) is 0. The van der Waals surface area contributed by atoms with Gasteiger partial charge >= 0.3 is 0 Å². The van der Waals surface area contributed by atoms with Gasteiger partial charge in [-0.05, 0) is 66.9 Å². The predicted molar refractivity (Wildman–Crippen MR) is 128 cm³/mol. The lowest BCUT2D eigenvalue weighted by Gasteiger charge is -2.27. The highest BCUT2D eigenvalue weighted by molar-refractivity contribution is 6.31. The molecule has 1 N–H and O–H groups in total. The van der Waals surface area contributed by atoms with Gasteiger partial charge in [0.25, 0.3) is 5.91 Å². The van der Waals surface area contributed by atoms with E-state index in [2.05, 4.69) is 0 Å². The van der Waals surface area contributed by atoms with Crippen LogP contribution in [0.5, 0.6) is 0 Å². The predicted octanol–water partition coefficient (Wildman–Crippen LogP) is 6.49. The standard InChI is InChI=1S/C27H20ClNO4/c1-15-8-10-20(12-16(15)2)29-24(17-6-4-3-5-7-17)23(26(31)27(29)32)25(30)22-14-18-13-19(28)9-11-21(18)33-22/h3-14,24,31H,1-2H3. The number of fused-ring (bicyclic) bond motifs is 1. The molecular formula is C27H20ClNO4. The third kappa shape index (κ3) is 3.51. The van der Waals surface area contributed by atoms with Gasteiger partial charge in [-0.15, -0.1) is 0 Å². The summed E-state index contributed by atoms with van der Waals surface area (Å²) in [5.74, 6) is -1.72. The number of anilines is 1. The molecule has 5 rings (SSSR count). The molecule has 1 unspecified atom stereocenters. The number of rotatable bonds is 4. The third-order valence-electron chi connectivity index (χ3n) is 6.04. The summed E-state index contributed by atoms with van der Waals surface area (Å²) in [6.07, 6.45) is 0. The third-order valence-corrected chi connectivity index (χ3v) is 6.27. The van der Waals surface area contributed by atoms with Crippen LogP contribution in [0.4, 0.5) is 5.69 Å². The zero-order valence-corrected chi connectivity index (χ0v) is 18.8. The van der Waals surface area contributed by atoms with Crippen LogP contribution in [-0.2, 0) is 4.79 Å². The molecule has 164 valence electrons. The Kier molecular flexibility index (Phi) is 5.06. The fourth-order valence-electron chi connectivity index (χ4n) is 4.19. The van der Waals surface area contributed by atoms with E-state index in [0.717, 1.165) is 11.1 Å². The average Bonchev–Trinajstić information content (AvgIpc) is 3.34. The van der Waals surface area contributed by atoms with Crippen LogP contribution in [0, 0.1) is 13.8 Å². The maximum absolute atomic E-state index is 13.6. The number of hydrogen-bond acceptors (Lipinski definition) is 4. The number of furan rings is 1. The van der Waals surface area contributed by atoms with Crippen LogP contribution in [-0.4, -0.2) is 16.8 Å². The van der Waals surface area contributed by atoms with Crippen molar-refractivity contribution in [3.8, 4) is 0 Å². The number of aliphatic hydroxyl groups is 1. The van der Waals surface area contributed by atoms with Crippen LogP contribution in [0.1, 0.15) is 33.3 Å². The van der Waals surface area contributed by atoms with E-state index in [1.807, 2.05) is 62.4 Å². The van der Waals surface area contributed by atoms with Crippen LogP contribution in [0.2, 0.25) is 5.02 Å². The van der Waals surface area contributed by atoms with Crippen LogP contribution in [0.3, 0.4) is 0 Å². The first-order valence-corrected chi connectivity index (χ1v) is 10.9. The number of ketones is 1. The molecule has 2 heterocycles. The Bertz CT molecular complexity index is 1450. The molecule has 6 heteroatoms. The molecule has 1 aliphatic rings. The number of carbonyl (C=O) groups is 2. The van der Waals surface area contributed by atoms with Gasteiger partial charge in [0.2, 0.25) is 5.78 Å². The molecule has 0 aliphatic carbocycles. The molecule has 1 aromatic heterocycles. The zero-order chi connectivity index (χ0) is 23.3. The van der Waals surface area contributed by atoms with Crippen LogP contribution in [0.15, 0.2) is 88.5 Å². The number of nitrogens with zero attached hydrogens (tertiary/aromatic N) is 1. The molecule has 5 nitrogen and oxygen atoms in total. The number of Topliss-reactive ketones (excluding diaryl/α,β-unsaturated/α-hetero) is 1. The molecule has 33 heavy (non-hydrogen) atoms. The molecule has 0 bridgehead atoms. The second kappa shape index (κ2) is 7.94. The highest BCUT2D eigenvalue weighted by Gasteiger charge is 2.45. The van der Waals surface area contributed by atoms with E-state index >= 15 is 0 Å². The topological polar surface area (TPSA) is 70.8 Å². The number of carbonyl (C=O) groups excluding carboxylic acids is 2. The van der Waals surface area contributed by atoms with Crippen LogP contribution >= 0.6 is 11.6 Å². The van der Waals surface area contributed by atoms with E-state index in [4.69, 9.17) is 16.0 Å². The maximum Gasteiger partial charge on any atom is 0.294 e. The van der Waals surface area contributed by atoms with E-state index in [9.17, 15) is 14.7 Å². The van der Waals surface area contributed by atoms with Crippen molar-refractivity contribution in [2.24, 2.45) is 0 Å². The van der Waals surface area contributed by atoms with E-state index < -0.39 is 23.5 Å². The number of benzene rings is 3. The number of aliphatic hydroxyl groups excluding tert-OH is 1. The maximum atomic E-state index is 13.6. The number of hydrogen-bond donors (Lipinski definition) is 1. The van der Waals surface area contributed by atoms with Gasteiger partial charge < -0.3 is 9.52 Å². The number of amides is 1. The molecule has 1 atom stereocenters. The summed E-state index contributed by atoms with van der Waals surface area (Å²) in [5, 5.41) is 12.1. The first kappa shape index (κ1) is 21.0. The van der Waals surface area contributed by atoms with Crippen molar-refractivity contribution < 1.29 is 19.1 Å². The first-order chi connectivity index (χ1) is 15.8. The van der Waals surface area contributed by atoms with E-state index in [0.29, 0.717) is 27.2 Å². The zero-order valence-electron chi connectivity index (χ0n) is 18.0. The summed E-state index contributed by atoms with van der Waals surface area (Å²) < 4.78 is 5.76. The largest absolute Gasteiger partial charge is 0.503 e. The average molecular weight is 458 g/mol. The van der Waals surface area contributed by atoms with E-state index in [1.165, 1.54) is 4.90 Å². The van der Waals surface area contributed by atoms with Gasteiger partial charge in [-0.3, -0.25) is 14.5 Å². The van der Waals surface area contributed by atoms with Crippen LogP contribution < -0.4 is 4.90 Å². The molecule has 1 aliphatic heterocycles. The van der Waals surface area contributed by atoms with Crippen LogP contribution in [0.25, 0.3) is 11.0 Å². The fraction of sp³-hybridized carbons (Fsp3) is 0.111. The Balaban J connectivity index is 1.66. The Morgan fingerprint density at radius 2 is 1.73 bits per heavy atom. The van der Waals surface area contributed by atoms with Gasteiger partial charge in [0, 0.05) is 16.1 Å². The van der Waals surface area contributed by atoms with Gasteiger partial charge in [0.05, 0.1) is 11.6 Å². The Labute approximate surface area is 195 Å². The molecule has 0 saturated carbocycles. The molecule has 4 aromatic rings. The lowest BCUT2D eigenvalue weighted by molar-refractivity contribution is -0.117. The van der Waals surface area contributed by atoms with Crippen molar-refractivity contribution in [1.29, 1.82) is 0 Å². The highest BCUT2D eigenvalue weighted by Crippen LogP contribution is 2.42. The molecule has 1 amide bonds. The normalized spacial score (nSPS) is 16.2. The summed E-state index contributed by atoms with van der Waals surface area (Å²) in [6, 6.07) is 20.6. The van der Waals surface area contributed by atoms with Crippen molar-refractivity contribution in [3.63, 3.8) is 0 Å². The van der Waals surface area contributed by atoms with Crippen molar-refractivity contribution in [1.82, 2.24) is 0 Å². The van der Waals surface area contributed by atoms with Gasteiger partial charge in [-0.2, -0.15) is 0 Å². The van der Waals surface area contributed by atoms with Gasteiger partial charge in [-0.25, -0.2) is 0 Å². The molecule has 0 fully saturated rings. The fourth-order valence-corrected chi connectivity index (χ4v) is 4.37. The number of halogens is 1. The Hall–Kier alpha value is -3.83. The number of aryl methyl sites for hydroxylation is 2. The highest BCUT2D eigenvalue weighted by atomic mass is 35.5. The summed E-state index contributed by atoms with van der Waals surface area (Å²) in [4.78, 5) is 28.3. The molecule has 0 radical (unpaired) electrons. The molecular weight excluding hydrogens is 438 g/mol. The quantitative estimate of drug-likeness (QED) is 0.356. The Morgan fingerprint density at radius 1 is 0.970 bits per heavy atom. The smallest absolute Gasteiger partial charge is 0.294 e. The molecule has 0 spiro atoms. The first-order valence-electron chi connectivity index (χ1n) is 10.5. The monoisotopic (exact) mass is 457 g/mol. The second-order valence-corrected chi connectivity index (χ2v) is 8.58. The minimum Gasteiger partial charge on any atom is -0.503 e. The molecule has 3 aromatic carbocycles. The Morgan fingerprint density at radius 3 is 2.45 bits per heavy atom. The van der Waals surface area contributed by atoms with Crippen molar-refractivity contribution in [2.75, 3.05) is 4.90 Å². The second-order valence-electron chi connectivity index (χ2n) is 8.14. The van der Waals surface area contributed by atoms with Crippen molar-refractivity contribution in [3.05, 3.63) is 112 Å². The lowest BCUT2D eigenvalue weighted by Crippen LogP contribution is -2.31. The summed E-state index contributed by atoms with van der Waals surface area (Å²) >= 11 is 6.06. The van der Waals surface area contributed by atoms with Gasteiger partial charge in [-0.1, -0.05) is 48.0 Å². The lowest BCUT2D eigenvalue weighted by atomic mass is 9.94. The minimum atomic E-state index is -0.801. The SMILES string of the molecule is Cc1ccc(N2C(=O)C(O)=C(C(=O)c3cc4cc(Cl)ccc4o3)C2c2ccccc2)cc1C. The van der Waals surface area contributed by atoms with E-state index in [1.54, 1.807) is 24.3 Å². The van der Waals surface area contributed by atoms with Crippen molar-refractivity contribution >= 4 is 39.9 Å². The summed E-state index contributed by atoms with van der Waals surface area (Å²) in [5.41, 5.74) is 3.86. The molecule has 0 saturated heterocycles. The van der Waals surface area contributed by atoms with Gasteiger partial charge in [0.15, 0.2) is 11.5 Å². The van der Waals surface area contributed by atoms with Crippen molar-refractivity contribution in [2.45, 2.75) is 19.9 Å². The minimum absolute atomic E-state index is 0.0189.